The summed E-state index contributed by atoms with van der Waals surface area (Å²) in [5.74, 6) is 0. The molecule has 0 aliphatic carbocycles. The summed E-state index contributed by atoms with van der Waals surface area (Å²) < 4.78 is 0. The van der Waals surface area contributed by atoms with E-state index in [0.717, 1.165) is 6.26 Å². The van der Waals surface area contributed by atoms with Crippen LogP contribution in [-0.2, 0) is 0 Å². The van der Waals surface area contributed by atoms with E-state index in [9.17, 15) is 0 Å². The summed E-state index contributed by atoms with van der Waals surface area (Å²) in [6.07, 6.45) is 0.750. The Bertz CT molecular complexity index is 199. The summed E-state index contributed by atoms with van der Waals surface area (Å²) in [6, 6.07) is 8.45. The van der Waals surface area contributed by atoms with Crippen molar-refractivity contribution in [2.75, 3.05) is 0 Å². The third-order valence-electron chi connectivity index (χ3n) is 1.17. The maximum absolute atomic E-state index is 7.33. The van der Waals surface area contributed by atoms with E-state index in [1.54, 1.807) is 0 Å². The van der Waals surface area contributed by atoms with Gasteiger partial charge in [-0.25, -0.2) is 0 Å². The molecular weight excluding hydrogens is 136 g/mol. The monoisotopic (exact) mass is 150 g/mol. The minimum atomic E-state index is 0.750. The van der Waals surface area contributed by atoms with Crippen molar-refractivity contribution < 1.29 is 5.11 Å². The number of hydrogen-bond donors (Lipinski definition) is 1. The molecule has 1 aromatic carbocycles. The summed E-state index contributed by atoms with van der Waals surface area (Å²) in [5.41, 5.74) is 2.68. The molecular formula is C10H14O. The quantitative estimate of drug-likeness (QED) is 0.564. The zero-order valence-electron chi connectivity index (χ0n) is 7.04. The number of benzene rings is 1. The van der Waals surface area contributed by atoms with E-state index in [-0.39, 0.29) is 0 Å². The van der Waals surface area contributed by atoms with E-state index >= 15 is 0 Å². The van der Waals surface area contributed by atoms with Gasteiger partial charge in [0.25, 0.3) is 0 Å². The van der Waals surface area contributed by atoms with Gasteiger partial charge in [-0.2, -0.15) is 0 Å². The molecule has 11 heavy (non-hydrogen) atoms. The average Bonchev–Trinajstić information content (AvgIpc) is 1.88. The summed E-state index contributed by atoms with van der Waals surface area (Å²) in [6.45, 7) is 7.12. The van der Waals surface area contributed by atoms with Crippen molar-refractivity contribution in [2.24, 2.45) is 0 Å². The van der Waals surface area contributed by atoms with Crippen LogP contribution in [0.15, 0.2) is 37.1 Å². The zero-order valence-corrected chi connectivity index (χ0v) is 7.04. The second-order valence-electron chi connectivity index (χ2n) is 2.34. The first-order valence-electron chi connectivity index (χ1n) is 3.49. The van der Waals surface area contributed by atoms with Gasteiger partial charge in [0.1, 0.15) is 0 Å². The van der Waals surface area contributed by atoms with Gasteiger partial charge < -0.3 is 5.11 Å². The van der Waals surface area contributed by atoms with Gasteiger partial charge in [0.2, 0.25) is 0 Å². The number of aryl methyl sites for hydroxylation is 2. The van der Waals surface area contributed by atoms with Gasteiger partial charge in [0.15, 0.2) is 0 Å². The van der Waals surface area contributed by atoms with Gasteiger partial charge >= 0.3 is 0 Å². The van der Waals surface area contributed by atoms with Crippen LogP contribution in [-0.4, -0.2) is 5.11 Å². The molecule has 0 saturated carbocycles. The fourth-order valence-electron chi connectivity index (χ4n) is 0.807. The molecule has 0 atom stereocenters. The second kappa shape index (κ2) is 5.54. The number of aliphatic hydroxyl groups is 1. The Morgan fingerprint density at radius 2 is 1.64 bits per heavy atom. The van der Waals surface area contributed by atoms with E-state index in [2.05, 4.69) is 44.7 Å². The van der Waals surface area contributed by atoms with Crippen LogP contribution >= 0.6 is 0 Å². The van der Waals surface area contributed by atoms with Crippen LogP contribution < -0.4 is 0 Å². The molecule has 1 N–H and O–H groups in total. The first-order chi connectivity index (χ1) is 5.20. The lowest BCUT2D eigenvalue weighted by Gasteiger charge is -1.90. The standard InChI is InChI=1S/C8H10.C2H4O/c1-7-4-3-5-8(2)6-7;1-2-3/h3-6H,1-2H3;2-3H,1H2. The molecule has 0 bridgehead atoms. The molecule has 1 aromatic rings. The molecule has 0 radical (unpaired) electrons. The Balaban J connectivity index is 0.000000292. The lowest BCUT2D eigenvalue weighted by Crippen LogP contribution is -1.71. The Kier molecular flexibility index (Phi) is 4.91. The number of aliphatic hydroxyl groups excluding tert-OH is 1. The predicted molar refractivity (Wildman–Crippen MR) is 48.7 cm³/mol. The molecule has 0 aliphatic heterocycles. The van der Waals surface area contributed by atoms with Crippen LogP contribution in [0.25, 0.3) is 0 Å². The molecule has 0 aliphatic rings. The lowest BCUT2D eigenvalue weighted by atomic mass is 10.2. The Morgan fingerprint density at radius 1 is 1.27 bits per heavy atom. The van der Waals surface area contributed by atoms with Gasteiger partial charge in [-0.3, -0.25) is 0 Å². The molecule has 0 spiro atoms. The fraction of sp³-hybridized carbons (Fsp3) is 0.200. The van der Waals surface area contributed by atoms with Gasteiger partial charge in [-0.15, -0.1) is 0 Å². The smallest absolute Gasteiger partial charge is 0.0719 e. The fourth-order valence-corrected chi connectivity index (χ4v) is 0.807. The summed E-state index contributed by atoms with van der Waals surface area (Å²) >= 11 is 0. The maximum Gasteiger partial charge on any atom is 0.0719 e. The molecule has 0 heterocycles. The first-order valence-corrected chi connectivity index (χ1v) is 3.49. The van der Waals surface area contributed by atoms with Crippen molar-refractivity contribution in [2.45, 2.75) is 13.8 Å². The number of hydrogen-bond acceptors (Lipinski definition) is 1. The molecule has 1 heteroatoms. The van der Waals surface area contributed by atoms with Gasteiger partial charge in [0.05, 0.1) is 6.26 Å². The summed E-state index contributed by atoms with van der Waals surface area (Å²) in [4.78, 5) is 0. The van der Waals surface area contributed by atoms with Crippen LogP contribution in [0.1, 0.15) is 11.1 Å². The topological polar surface area (TPSA) is 20.2 Å². The van der Waals surface area contributed by atoms with Crippen LogP contribution in [0.3, 0.4) is 0 Å². The van der Waals surface area contributed by atoms with Crippen molar-refractivity contribution in [3.8, 4) is 0 Å². The summed E-state index contributed by atoms with van der Waals surface area (Å²) in [5, 5.41) is 7.33. The molecule has 60 valence electrons. The first kappa shape index (κ1) is 9.76. The van der Waals surface area contributed by atoms with E-state index in [4.69, 9.17) is 5.11 Å². The molecule has 0 fully saturated rings. The third kappa shape index (κ3) is 5.22. The molecule has 0 unspecified atom stereocenters. The van der Waals surface area contributed by atoms with Crippen LogP contribution in [0, 0.1) is 13.8 Å². The summed E-state index contributed by atoms with van der Waals surface area (Å²) in [7, 11) is 0. The predicted octanol–water partition coefficient (Wildman–Crippen LogP) is 2.99. The Hall–Kier alpha value is -1.24. The van der Waals surface area contributed by atoms with Gasteiger partial charge in [-0.1, -0.05) is 42.0 Å². The van der Waals surface area contributed by atoms with E-state index in [1.165, 1.54) is 11.1 Å². The highest BCUT2D eigenvalue weighted by atomic mass is 16.2. The van der Waals surface area contributed by atoms with Crippen molar-refractivity contribution in [3.05, 3.63) is 48.2 Å². The van der Waals surface area contributed by atoms with Gasteiger partial charge in [-0.05, 0) is 13.8 Å². The van der Waals surface area contributed by atoms with Crippen molar-refractivity contribution >= 4 is 0 Å². The Labute approximate surface area is 68.0 Å². The highest BCUT2D eigenvalue weighted by Crippen LogP contribution is 2.00. The Morgan fingerprint density at radius 3 is 1.82 bits per heavy atom. The minimum absolute atomic E-state index is 0.750. The third-order valence-corrected chi connectivity index (χ3v) is 1.17. The van der Waals surface area contributed by atoms with Crippen molar-refractivity contribution in [3.63, 3.8) is 0 Å². The SMILES string of the molecule is C=CO.Cc1cccc(C)c1. The minimum Gasteiger partial charge on any atom is -0.516 e. The highest BCUT2D eigenvalue weighted by molar-refractivity contribution is 5.20. The maximum atomic E-state index is 7.33. The van der Waals surface area contributed by atoms with E-state index in [0.29, 0.717) is 0 Å². The molecule has 0 saturated heterocycles. The highest BCUT2D eigenvalue weighted by Gasteiger charge is 1.80. The molecule has 0 amide bonds. The van der Waals surface area contributed by atoms with E-state index in [1.807, 2.05) is 0 Å². The van der Waals surface area contributed by atoms with Gasteiger partial charge in [0, 0.05) is 0 Å². The van der Waals surface area contributed by atoms with Crippen LogP contribution in [0.4, 0.5) is 0 Å². The normalized spacial score (nSPS) is 7.82. The van der Waals surface area contributed by atoms with Crippen LogP contribution in [0.5, 0.6) is 0 Å². The van der Waals surface area contributed by atoms with E-state index < -0.39 is 0 Å². The average molecular weight is 150 g/mol. The van der Waals surface area contributed by atoms with Crippen molar-refractivity contribution in [1.82, 2.24) is 0 Å². The second-order valence-corrected chi connectivity index (χ2v) is 2.34. The lowest BCUT2D eigenvalue weighted by molar-refractivity contribution is 0.476. The molecule has 1 nitrogen and oxygen atoms in total. The van der Waals surface area contributed by atoms with Crippen LogP contribution in [0.2, 0.25) is 0 Å². The molecule has 0 aromatic heterocycles. The number of rotatable bonds is 0. The molecule has 1 rings (SSSR count). The van der Waals surface area contributed by atoms with Crippen molar-refractivity contribution in [1.29, 1.82) is 0 Å². The largest absolute Gasteiger partial charge is 0.516 e. The zero-order chi connectivity index (χ0) is 8.69.